The third-order valence-electron chi connectivity index (χ3n) is 5.41. The minimum Gasteiger partial charge on any atom is -0.464 e. The number of rotatable bonds is 7. The maximum atomic E-state index is 11.7. The smallest absolute Gasteiger partial charge is 0.356 e. The van der Waals surface area contributed by atoms with Crippen molar-refractivity contribution in [2.24, 2.45) is 0 Å². The zero-order chi connectivity index (χ0) is 21.9. The van der Waals surface area contributed by atoms with Gasteiger partial charge in [-0.2, -0.15) is 5.10 Å². The fourth-order valence-corrected chi connectivity index (χ4v) is 3.62. The SMILES string of the molecule is COC(=O)c1cc(Nc2cc(Oc3cn(C4CC4)nc3C3CCCCO3)ccn2)ncn1. The summed E-state index contributed by atoms with van der Waals surface area (Å²) in [6.45, 7) is 0.746. The number of nitrogens with zero attached hydrogens (tertiary/aromatic N) is 5. The monoisotopic (exact) mass is 436 g/mol. The second-order valence-corrected chi connectivity index (χ2v) is 7.83. The Morgan fingerprint density at radius 2 is 2.03 bits per heavy atom. The summed E-state index contributed by atoms with van der Waals surface area (Å²) in [6, 6.07) is 5.50. The number of carbonyl (C=O) groups is 1. The Morgan fingerprint density at radius 1 is 1.16 bits per heavy atom. The molecule has 3 aromatic heterocycles. The molecule has 10 nitrogen and oxygen atoms in total. The van der Waals surface area contributed by atoms with E-state index in [9.17, 15) is 4.79 Å². The number of esters is 1. The van der Waals surface area contributed by atoms with Crippen LogP contribution in [0.2, 0.25) is 0 Å². The first kappa shape index (κ1) is 20.4. The fourth-order valence-electron chi connectivity index (χ4n) is 3.62. The molecule has 1 atom stereocenters. The molecule has 5 rings (SSSR count). The molecule has 32 heavy (non-hydrogen) atoms. The van der Waals surface area contributed by atoms with E-state index in [0.29, 0.717) is 29.2 Å². The summed E-state index contributed by atoms with van der Waals surface area (Å²) in [5.74, 6) is 1.71. The van der Waals surface area contributed by atoms with E-state index in [1.54, 1.807) is 18.3 Å². The first-order valence-electron chi connectivity index (χ1n) is 10.7. The Bertz CT molecular complexity index is 1110. The molecule has 1 aliphatic heterocycles. The molecule has 1 unspecified atom stereocenters. The van der Waals surface area contributed by atoms with Gasteiger partial charge in [-0.3, -0.25) is 4.68 Å². The molecule has 0 bridgehead atoms. The van der Waals surface area contributed by atoms with E-state index in [2.05, 4.69) is 20.3 Å². The molecule has 3 aromatic rings. The van der Waals surface area contributed by atoms with Crippen molar-refractivity contribution >= 4 is 17.6 Å². The van der Waals surface area contributed by atoms with Crippen LogP contribution in [0.5, 0.6) is 11.5 Å². The predicted octanol–water partition coefficient (Wildman–Crippen LogP) is 3.97. The van der Waals surface area contributed by atoms with E-state index in [0.717, 1.165) is 44.4 Å². The topological polar surface area (TPSA) is 113 Å². The molecular formula is C22H24N6O4. The van der Waals surface area contributed by atoms with Crippen LogP contribution in [0.25, 0.3) is 0 Å². The van der Waals surface area contributed by atoms with Crippen LogP contribution in [-0.2, 0) is 9.47 Å². The van der Waals surface area contributed by atoms with E-state index in [1.165, 1.54) is 19.5 Å². The van der Waals surface area contributed by atoms with Crippen LogP contribution in [0.4, 0.5) is 11.6 Å². The number of pyridine rings is 1. The quantitative estimate of drug-likeness (QED) is 0.550. The lowest BCUT2D eigenvalue weighted by molar-refractivity contribution is 0.0109. The van der Waals surface area contributed by atoms with Gasteiger partial charge in [-0.05, 0) is 38.2 Å². The number of hydrogen-bond donors (Lipinski definition) is 1. The van der Waals surface area contributed by atoms with Gasteiger partial charge in [0.05, 0.1) is 19.3 Å². The van der Waals surface area contributed by atoms with Crippen molar-refractivity contribution in [3.05, 3.63) is 48.3 Å². The highest BCUT2D eigenvalue weighted by Gasteiger charge is 2.30. The average molecular weight is 436 g/mol. The van der Waals surface area contributed by atoms with Crippen molar-refractivity contribution in [3.63, 3.8) is 0 Å². The number of hydrogen-bond acceptors (Lipinski definition) is 9. The summed E-state index contributed by atoms with van der Waals surface area (Å²) < 4.78 is 18.9. The molecule has 166 valence electrons. The van der Waals surface area contributed by atoms with Crippen molar-refractivity contribution in [2.45, 2.75) is 44.2 Å². The zero-order valence-corrected chi connectivity index (χ0v) is 17.7. The van der Waals surface area contributed by atoms with Crippen LogP contribution in [0.3, 0.4) is 0 Å². The Hall–Kier alpha value is -3.53. The molecule has 1 aliphatic carbocycles. The molecule has 1 saturated carbocycles. The molecular weight excluding hydrogens is 412 g/mol. The van der Waals surface area contributed by atoms with Gasteiger partial charge >= 0.3 is 5.97 Å². The second-order valence-electron chi connectivity index (χ2n) is 7.83. The normalized spacial score (nSPS) is 18.2. The molecule has 0 radical (unpaired) electrons. The summed E-state index contributed by atoms with van der Waals surface area (Å²) in [4.78, 5) is 24.0. The van der Waals surface area contributed by atoms with Crippen LogP contribution >= 0.6 is 0 Å². The molecule has 1 N–H and O–H groups in total. The Morgan fingerprint density at radius 3 is 2.81 bits per heavy atom. The van der Waals surface area contributed by atoms with Gasteiger partial charge in [0.15, 0.2) is 11.4 Å². The molecule has 4 heterocycles. The first-order valence-corrected chi connectivity index (χ1v) is 10.7. The van der Waals surface area contributed by atoms with Crippen LogP contribution in [-0.4, -0.2) is 44.4 Å². The van der Waals surface area contributed by atoms with Crippen molar-refractivity contribution in [1.82, 2.24) is 24.7 Å². The van der Waals surface area contributed by atoms with E-state index in [4.69, 9.17) is 19.3 Å². The van der Waals surface area contributed by atoms with Crippen molar-refractivity contribution in [3.8, 4) is 11.5 Å². The lowest BCUT2D eigenvalue weighted by Crippen LogP contribution is -2.13. The number of nitrogens with one attached hydrogen (secondary N) is 1. The van der Waals surface area contributed by atoms with Crippen LogP contribution in [0.15, 0.2) is 36.9 Å². The summed E-state index contributed by atoms with van der Waals surface area (Å²) in [6.07, 6.45) is 10.3. The Labute approximate surface area is 185 Å². The van der Waals surface area contributed by atoms with E-state index in [1.807, 2.05) is 10.9 Å². The maximum Gasteiger partial charge on any atom is 0.356 e. The number of anilines is 2. The highest BCUT2D eigenvalue weighted by molar-refractivity contribution is 5.87. The van der Waals surface area contributed by atoms with Crippen LogP contribution in [0.1, 0.15) is 60.4 Å². The molecule has 2 fully saturated rings. The van der Waals surface area contributed by atoms with Gasteiger partial charge in [0.25, 0.3) is 0 Å². The van der Waals surface area contributed by atoms with Crippen molar-refractivity contribution < 1.29 is 19.0 Å². The van der Waals surface area contributed by atoms with Gasteiger partial charge in [0.2, 0.25) is 0 Å². The average Bonchev–Trinajstić information content (AvgIpc) is 3.60. The summed E-state index contributed by atoms with van der Waals surface area (Å²) in [5, 5.41) is 7.86. The van der Waals surface area contributed by atoms with Gasteiger partial charge < -0.3 is 19.5 Å². The number of aromatic nitrogens is 5. The maximum absolute atomic E-state index is 11.7. The Balaban J connectivity index is 1.36. The van der Waals surface area contributed by atoms with Crippen molar-refractivity contribution in [1.29, 1.82) is 0 Å². The van der Waals surface area contributed by atoms with Gasteiger partial charge in [0.1, 0.15) is 35.5 Å². The third kappa shape index (κ3) is 4.54. The Kier molecular flexibility index (Phi) is 5.68. The highest BCUT2D eigenvalue weighted by Crippen LogP contribution is 2.40. The van der Waals surface area contributed by atoms with Gasteiger partial charge in [-0.25, -0.2) is 19.7 Å². The van der Waals surface area contributed by atoms with Crippen LogP contribution < -0.4 is 10.1 Å². The zero-order valence-electron chi connectivity index (χ0n) is 17.7. The van der Waals surface area contributed by atoms with E-state index < -0.39 is 5.97 Å². The highest BCUT2D eigenvalue weighted by atomic mass is 16.5. The number of methoxy groups -OCH3 is 1. The largest absolute Gasteiger partial charge is 0.464 e. The second kappa shape index (κ2) is 8.91. The minimum absolute atomic E-state index is 0.0454. The summed E-state index contributed by atoms with van der Waals surface area (Å²) in [5.41, 5.74) is 1.00. The summed E-state index contributed by atoms with van der Waals surface area (Å²) in [7, 11) is 1.30. The predicted molar refractivity (Wildman–Crippen MR) is 114 cm³/mol. The fraction of sp³-hybridized carbons (Fsp3) is 0.409. The number of ether oxygens (including phenoxy) is 3. The number of carbonyl (C=O) groups excluding carboxylic acids is 1. The van der Waals surface area contributed by atoms with Gasteiger partial charge in [-0.1, -0.05) is 0 Å². The summed E-state index contributed by atoms with van der Waals surface area (Å²) >= 11 is 0. The minimum atomic E-state index is -0.536. The van der Waals surface area contributed by atoms with Gasteiger partial charge in [-0.15, -0.1) is 0 Å². The molecule has 2 aliphatic rings. The lowest BCUT2D eigenvalue weighted by Gasteiger charge is -2.21. The first-order chi connectivity index (χ1) is 15.7. The molecule has 0 aromatic carbocycles. The van der Waals surface area contributed by atoms with Gasteiger partial charge in [0, 0.05) is 24.9 Å². The van der Waals surface area contributed by atoms with Crippen LogP contribution in [0, 0.1) is 0 Å². The van der Waals surface area contributed by atoms with Crippen molar-refractivity contribution in [2.75, 3.05) is 19.0 Å². The molecule has 0 amide bonds. The standard InChI is InChI=1S/C22H24N6O4/c1-30-22(29)16-11-20(25-13-24-16)26-19-10-15(7-8-23-19)32-18-12-28(14-5-6-14)27-21(18)17-4-2-3-9-31-17/h7-8,10-14,17H,2-6,9H2,1H3,(H,23,24,25,26). The van der Waals surface area contributed by atoms with E-state index in [-0.39, 0.29) is 11.8 Å². The molecule has 10 heteroatoms. The molecule has 1 saturated heterocycles. The van der Waals surface area contributed by atoms with E-state index >= 15 is 0 Å². The third-order valence-corrected chi connectivity index (χ3v) is 5.41. The lowest BCUT2D eigenvalue weighted by atomic mass is 10.1. The molecule has 0 spiro atoms.